The van der Waals surface area contributed by atoms with E-state index in [0.29, 0.717) is 12.8 Å². The molecule has 14 nitrogen and oxygen atoms in total. The van der Waals surface area contributed by atoms with Gasteiger partial charge in [-0.25, -0.2) is 0 Å². The molecule has 2 heterocycles. The van der Waals surface area contributed by atoms with E-state index in [2.05, 4.69) is 141 Å². The number of hydrogen-bond donors (Lipinski definition) is 9. The second-order valence-corrected chi connectivity index (χ2v) is 26.0. The molecule has 14 heteroatoms. The zero-order valence-corrected chi connectivity index (χ0v) is 58.9. The summed E-state index contributed by atoms with van der Waals surface area (Å²) in [4.78, 5) is 13.4. The number of hydrogen-bond acceptors (Lipinski definition) is 13. The normalized spacial score (nSPS) is 23.2. The van der Waals surface area contributed by atoms with Crippen molar-refractivity contribution in [1.29, 1.82) is 0 Å². The SMILES string of the molecule is CC/C=C\C/C=C\C/C=C\C/C=C\C/C=C\C/C=C\C/C=C\C/C=C\C/C=C\C/C=C\CCCCCCCCCCC(=O)NC(COC1OC(CO)C(OC2OC(CO)C(O)C(O)C2O)C(O)C1O)C(O)CCCCCCCCCCCCCCCCCCCCCCC. The predicted molar refractivity (Wildman–Crippen MR) is 387 cm³/mol. The van der Waals surface area contributed by atoms with Gasteiger partial charge in [0, 0.05) is 6.42 Å². The van der Waals surface area contributed by atoms with E-state index in [1.807, 2.05) is 0 Å². The van der Waals surface area contributed by atoms with Gasteiger partial charge in [0.1, 0.15) is 48.8 Å². The van der Waals surface area contributed by atoms with Crippen molar-refractivity contribution in [3.8, 4) is 0 Å². The van der Waals surface area contributed by atoms with Crippen molar-refractivity contribution in [3.63, 3.8) is 0 Å². The van der Waals surface area contributed by atoms with Crippen LogP contribution in [0.2, 0.25) is 0 Å². The molecule has 2 saturated heterocycles. The maximum absolute atomic E-state index is 13.4. The number of nitrogens with one attached hydrogen (secondary N) is 1. The van der Waals surface area contributed by atoms with E-state index in [-0.39, 0.29) is 18.9 Å². The Morgan fingerprint density at radius 2 is 0.734 bits per heavy atom. The van der Waals surface area contributed by atoms with Gasteiger partial charge in [0.15, 0.2) is 12.6 Å². The highest BCUT2D eigenvalue weighted by Crippen LogP contribution is 2.30. The fourth-order valence-electron chi connectivity index (χ4n) is 11.7. The van der Waals surface area contributed by atoms with Crippen LogP contribution in [0.15, 0.2) is 122 Å². The summed E-state index contributed by atoms with van der Waals surface area (Å²) in [6.45, 7) is 2.76. The van der Waals surface area contributed by atoms with Crippen LogP contribution in [-0.2, 0) is 23.7 Å². The predicted octanol–water partition coefficient (Wildman–Crippen LogP) is 16.5. The minimum Gasteiger partial charge on any atom is -0.394 e. The van der Waals surface area contributed by atoms with Crippen molar-refractivity contribution in [1.82, 2.24) is 5.32 Å². The number of aliphatic hydroxyl groups is 8. The molecule has 0 radical (unpaired) electrons. The lowest BCUT2D eigenvalue weighted by atomic mass is 9.97. The molecule has 94 heavy (non-hydrogen) atoms. The Bertz CT molecular complexity index is 2040. The van der Waals surface area contributed by atoms with E-state index in [1.54, 1.807) is 0 Å². The summed E-state index contributed by atoms with van der Waals surface area (Å²) >= 11 is 0. The molecule has 2 rings (SSSR count). The first kappa shape index (κ1) is 86.5. The summed E-state index contributed by atoms with van der Waals surface area (Å²) < 4.78 is 22.9. The number of ether oxygens (including phenoxy) is 4. The maximum atomic E-state index is 13.4. The second kappa shape index (κ2) is 62.9. The van der Waals surface area contributed by atoms with Crippen LogP contribution in [0.25, 0.3) is 0 Å². The first-order valence-electron chi connectivity index (χ1n) is 37.8. The summed E-state index contributed by atoms with van der Waals surface area (Å²) in [6, 6.07) is -0.843. The zero-order chi connectivity index (χ0) is 68.0. The van der Waals surface area contributed by atoms with E-state index in [4.69, 9.17) is 18.9 Å². The van der Waals surface area contributed by atoms with E-state index >= 15 is 0 Å². The van der Waals surface area contributed by atoms with Crippen LogP contribution < -0.4 is 5.32 Å². The molecule has 0 aromatic rings. The van der Waals surface area contributed by atoms with Gasteiger partial charge in [-0.15, -0.1) is 0 Å². The summed E-state index contributed by atoms with van der Waals surface area (Å²) in [5, 5.41) is 87.7. The van der Waals surface area contributed by atoms with Crippen LogP contribution in [0.5, 0.6) is 0 Å². The van der Waals surface area contributed by atoms with Crippen molar-refractivity contribution in [2.45, 2.75) is 357 Å². The molecule has 0 aromatic heterocycles. The van der Waals surface area contributed by atoms with Crippen molar-refractivity contribution in [3.05, 3.63) is 122 Å². The minimum absolute atomic E-state index is 0.217. The van der Waals surface area contributed by atoms with Gasteiger partial charge < -0.3 is 65.1 Å². The van der Waals surface area contributed by atoms with Gasteiger partial charge in [-0.2, -0.15) is 0 Å². The number of carbonyl (C=O) groups excluding carboxylic acids is 1. The van der Waals surface area contributed by atoms with Crippen molar-refractivity contribution >= 4 is 5.91 Å². The first-order valence-corrected chi connectivity index (χ1v) is 37.8. The third-order valence-corrected chi connectivity index (χ3v) is 17.7. The van der Waals surface area contributed by atoms with Crippen LogP contribution in [0.4, 0.5) is 0 Å². The highest BCUT2D eigenvalue weighted by molar-refractivity contribution is 5.76. The lowest BCUT2D eigenvalue weighted by Gasteiger charge is -2.46. The van der Waals surface area contributed by atoms with Crippen LogP contribution >= 0.6 is 0 Å². The van der Waals surface area contributed by atoms with E-state index in [9.17, 15) is 45.6 Å². The van der Waals surface area contributed by atoms with Gasteiger partial charge in [-0.05, 0) is 89.9 Å². The average molecular weight is 1320 g/mol. The molecule has 540 valence electrons. The first-order chi connectivity index (χ1) is 46.1. The van der Waals surface area contributed by atoms with Crippen molar-refractivity contribution in [2.75, 3.05) is 19.8 Å². The number of amides is 1. The van der Waals surface area contributed by atoms with Crippen molar-refractivity contribution in [2.24, 2.45) is 0 Å². The summed E-state index contributed by atoms with van der Waals surface area (Å²) in [6.07, 6.45) is 74.9. The monoisotopic (exact) mass is 1320 g/mol. The van der Waals surface area contributed by atoms with Gasteiger partial charge in [-0.3, -0.25) is 4.79 Å². The summed E-state index contributed by atoms with van der Waals surface area (Å²) in [5.74, 6) is -0.217. The Hall–Kier alpha value is -3.61. The molecule has 0 bridgehead atoms. The summed E-state index contributed by atoms with van der Waals surface area (Å²) in [5.41, 5.74) is 0. The Balaban J connectivity index is 1.64. The van der Waals surface area contributed by atoms with E-state index in [1.165, 1.54) is 128 Å². The Morgan fingerprint density at radius 1 is 0.394 bits per heavy atom. The molecule has 2 aliphatic rings. The molecule has 0 aliphatic carbocycles. The molecule has 0 aromatic carbocycles. The van der Waals surface area contributed by atoms with E-state index in [0.717, 1.165) is 122 Å². The van der Waals surface area contributed by atoms with Gasteiger partial charge in [0.2, 0.25) is 5.91 Å². The smallest absolute Gasteiger partial charge is 0.220 e. The van der Waals surface area contributed by atoms with Crippen LogP contribution in [-0.4, -0.2) is 140 Å². The minimum atomic E-state index is -1.79. The number of carbonyl (C=O) groups is 1. The zero-order valence-electron chi connectivity index (χ0n) is 58.9. The number of allylic oxidation sites excluding steroid dienone is 20. The lowest BCUT2D eigenvalue weighted by molar-refractivity contribution is -0.359. The van der Waals surface area contributed by atoms with E-state index < -0.39 is 86.8 Å². The van der Waals surface area contributed by atoms with Crippen molar-refractivity contribution < 1.29 is 64.6 Å². The number of aliphatic hydroxyl groups excluding tert-OH is 8. The maximum Gasteiger partial charge on any atom is 0.220 e. The molecular formula is C80H137NO13. The number of unbranched alkanes of at least 4 members (excludes halogenated alkanes) is 28. The molecule has 9 N–H and O–H groups in total. The Morgan fingerprint density at radius 3 is 1.13 bits per heavy atom. The van der Waals surface area contributed by atoms with Crippen LogP contribution in [0.3, 0.4) is 0 Å². The third kappa shape index (κ3) is 45.8. The van der Waals surface area contributed by atoms with Crippen LogP contribution in [0, 0.1) is 0 Å². The molecule has 12 atom stereocenters. The molecule has 0 spiro atoms. The molecular weight excluding hydrogens is 1180 g/mol. The highest BCUT2D eigenvalue weighted by atomic mass is 16.7. The summed E-state index contributed by atoms with van der Waals surface area (Å²) in [7, 11) is 0. The topological polar surface area (TPSA) is 228 Å². The second-order valence-electron chi connectivity index (χ2n) is 26.0. The molecule has 2 aliphatic heterocycles. The Labute approximate surface area is 571 Å². The average Bonchev–Trinajstić information content (AvgIpc) is 0.794. The quantitative estimate of drug-likeness (QED) is 0.0204. The lowest BCUT2D eigenvalue weighted by Crippen LogP contribution is -2.65. The van der Waals surface area contributed by atoms with Gasteiger partial charge >= 0.3 is 0 Å². The largest absolute Gasteiger partial charge is 0.394 e. The molecule has 12 unspecified atom stereocenters. The highest BCUT2D eigenvalue weighted by Gasteiger charge is 2.51. The molecule has 0 saturated carbocycles. The molecule has 2 fully saturated rings. The third-order valence-electron chi connectivity index (χ3n) is 17.7. The fourth-order valence-corrected chi connectivity index (χ4v) is 11.7. The Kier molecular flexibility index (Phi) is 57.8. The van der Waals surface area contributed by atoms with Gasteiger partial charge in [0.25, 0.3) is 0 Å². The van der Waals surface area contributed by atoms with Crippen LogP contribution in [0.1, 0.15) is 284 Å². The van der Waals surface area contributed by atoms with Gasteiger partial charge in [0.05, 0.1) is 32.0 Å². The molecule has 1 amide bonds. The fraction of sp³-hybridized carbons (Fsp3) is 0.738. The standard InChI is InChI=1S/C80H137NO13/c1-3-5-7-9-11-13-15-17-19-21-23-25-26-27-28-29-30-31-32-33-34-35-36-37-38-39-40-41-42-44-46-48-50-52-54-56-58-60-62-64-72(85)81-68(69(84)63-61-59-57-55-53-51-49-47-45-43-24-22-20-18-16-14-12-10-8-6-4-2)67-91-79-77(90)75(88)78(71(66-83)93-79)94-80-76(89)74(87)73(86)70(65-82)92-80/h5,7,11,13,17,19,23,25,27-28,30-31,33-34,36-37,39-40,42,44,68-71,73-80,82-84,86-90H,3-4,6,8-10,12,14-16,18,20-22,24,26,29,32,35,38,41,43,45-67H2,1-2H3,(H,81,85)/b7-5-,13-11-,19-17-,25-23-,28-27-,31-30-,34-33-,37-36-,40-39-,44-42-. The van der Waals surface area contributed by atoms with Gasteiger partial charge in [-0.1, -0.05) is 309 Å². The number of rotatable bonds is 61.